The second-order valence-corrected chi connectivity index (χ2v) is 3.77. The van der Waals surface area contributed by atoms with Crippen LogP contribution >= 0.6 is 12.4 Å². The first kappa shape index (κ1) is 13.3. The number of anilines is 1. The third-order valence-corrected chi connectivity index (χ3v) is 1.80. The molecular weight excluding hydrogens is 198 g/mol. The van der Waals surface area contributed by atoms with Crippen LogP contribution in [0.5, 0.6) is 0 Å². The number of aryl methyl sites for hydroxylation is 1. The molecule has 0 unspecified atom stereocenters. The minimum Gasteiger partial charge on any atom is -0.382 e. The molecule has 0 radical (unpaired) electrons. The second-order valence-electron chi connectivity index (χ2n) is 3.77. The smallest absolute Gasteiger partial charge is 0.0726 e. The third kappa shape index (κ3) is 4.51. The molecule has 1 N–H and O–H groups in total. The third-order valence-electron chi connectivity index (χ3n) is 1.80. The van der Waals surface area contributed by atoms with E-state index >= 15 is 0 Å². The van der Waals surface area contributed by atoms with Crippen LogP contribution in [0.4, 0.5) is 5.69 Å². The predicted octanol–water partition coefficient (Wildman–Crippen LogP) is 2.78. The molecule has 0 spiro atoms. The fraction of sp³-hybridized carbons (Fsp3) is 0.700. The summed E-state index contributed by atoms with van der Waals surface area (Å²) in [5, 5.41) is 7.58. The highest BCUT2D eigenvalue weighted by Crippen LogP contribution is 2.06. The molecule has 0 fully saturated rings. The molecule has 0 saturated heterocycles. The van der Waals surface area contributed by atoms with E-state index in [0.717, 1.165) is 25.2 Å². The van der Waals surface area contributed by atoms with Gasteiger partial charge < -0.3 is 5.32 Å². The normalized spacial score (nSPS) is 10.0. The van der Waals surface area contributed by atoms with Crippen molar-refractivity contribution in [1.82, 2.24) is 9.78 Å². The molecule has 1 aromatic heterocycles. The molecule has 0 aliphatic rings. The van der Waals surface area contributed by atoms with Crippen LogP contribution in [-0.2, 0) is 6.54 Å². The van der Waals surface area contributed by atoms with Gasteiger partial charge in [0.05, 0.1) is 11.9 Å². The maximum Gasteiger partial charge on any atom is 0.0726 e. The standard InChI is InChI=1S/C10H19N3.ClH/c1-4-5-13-8-10(7-12-13)11-6-9(2)3;/h7-9,11H,4-6H2,1-3H3;1H. The van der Waals surface area contributed by atoms with Crippen LogP contribution in [0, 0.1) is 5.92 Å². The lowest BCUT2D eigenvalue weighted by Crippen LogP contribution is -2.07. The monoisotopic (exact) mass is 217 g/mol. The second kappa shape index (κ2) is 6.71. The number of hydrogen-bond donors (Lipinski definition) is 1. The first-order valence-corrected chi connectivity index (χ1v) is 4.98. The van der Waals surface area contributed by atoms with Gasteiger partial charge in [0.15, 0.2) is 0 Å². The fourth-order valence-corrected chi connectivity index (χ4v) is 1.13. The average Bonchev–Trinajstić information content (AvgIpc) is 2.50. The Morgan fingerprint density at radius 3 is 2.79 bits per heavy atom. The molecule has 1 heterocycles. The van der Waals surface area contributed by atoms with Crippen molar-refractivity contribution in [3.63, 3.8) is 0 Å². The van der Waals surface area contributed by atoms with Crippen molar-refractivity contribution in [2.75, 3.05) is 11.9 Å². The van der Waals surface area contributed by atoms with Crippen LogP contribution in [0.2, 0.25) is 0 Å². The Bertz CT molecular complexity index is 245. The van der Waals surface area contributed by atoms with Crippen LogP contribution in [0.3, 0.4) is 0 Å². The first-order chi connectivity index (χ1) is 6.22. The van der Waals surface area contributed by atoms with E-state index in [1.165, 1.54) is 0 Å². The lowest BCUT2D eigenvalue weighted by atomic mass is 10.2. The van der Waals surface area contributed by atoms with E-state index < -0.39 is 0 Å². The summed E-state index contributed by atoms with van der Waals surface area (Å²) in [5.74, 6) is 0.675. The van der Waals surface area contributed by atoms with Gasteiger partial charge in [-0.2, -0.15) is 5.10 Å². The molecule has 0 aliphatic carbocycles. The van der Waals surface area contributed by atoms with Crippen LogP contribution in [0.25, 0.3) is 0 Å². The summed E-state index contributed by atoms with van der Waals surface area (Å²) >= 11 is 0. The largest absolute Gasteiger partial charge is 0.382 e. The highest BCUT2D eigenvalue weighted by Gasteiger charge is 1.97. The first-order valence-electron chi connectivity index (χ1n) is 4.98. The van der Waals surface area contributed by atoms with Crippen LogP contribution in [0.15, 0.2) is 12.4 Å². The topological polar surface area (TPSA) is 29.9 Å². The van der Waals surface area contributed by atoms with Gasteiger partial charge in [0.1, 0.15) is 0 Å². The summed E-state index contributed by atoms with van der Waals surface area (Å²) in [6.07, 6.45) is 5.08. The highest BCUT2D eigenvalue weighted by molar-refractivity contribution is 5.85. The summed E-state index contributed by atoms with van der Waals surface area (Å²) < 4.78 is 1.97. The van der Waals surface area contributed by atoms with Crippen molar-refractivity contribution in [2.24, 2.45) is 5.92 Å². The van der Waals surface area contributed by atoms with Crippen molar-refractivity contribution in [2.45, 2.75) is 33.7 Å². The summed E-state index contributed by atoms with van der Waals surface area (Å²) in [7, 11) is 0. The van der Waals surface area contributed by atoms with Crippen molar-refractivity contribution in [3.05, 3.63) is 12.4 Å². The molecule has 0 atom stereocenters. The summed E-state index contributed by atoms with van der Waals surface area (Å²) in [4.78, 5) is 0. The highest BCUT2D eigenvalue weighted by atomic mass is 35.5. The van der Waals surface area contributed by atoms with Crippen molar-refractivity contribution in [1.29, 1.82) is 0 Å². The Morgan fingerprint density at radius 2 is 2.21 bits per heavy atom. The molecule has 4 heteroatoms. The van der Waals surface area contributed by atoms with Gasteiger partial charge in [-0.3, -0.25) is 4.68 Å². The minimum absolute atomic E-state index is 0. The molecule has 1 rings (SSSR count). The minimum atomic E-state index is 0. The lowest BCUT2D eigenvalue weighted by molar-refractivity contribution is 0.603. The molecule has 0 amide bonds. The van der Waals surface area contributed by atoms with Gasteiger partial charge in [-0.1, -0.05) is 20.8 Å². The van der Waals surface area contributed by atoms with E-state index in [1.807, 2.05) is 10.9 Å². The summed E-state index contributed by atoms with van der Waals surface area (Å²) in [5.41, 5.74) is 1.13. The Hall–Kier alpha value is -0.700. The van der Waals surface area contributed by atoms with Gasteiger partial charge in [0.25, 0.3) is 0 Å². The maximum atomic E-state index is 4.24. The van der Waals surface area contributed by atoms with E-state index in [4.69, 9.17) is 0 Å². The van der Waals surface area contributed by atoms with E-state index in [1.54, 1.807) is 0 Å². The van der Waals surface area contributed by atoms with E-state index in [2.05, 4.69) is 37.4 Å². The Kier molecular flexibility index (Phi) is 6.37. The number of hydrogen-bond acceptors (Lipinski definition) is 2. The molecule has 14 heavy (non-hydrogen) atoms. The van der Waals surface area contributed by atoms with Crippen LogP contribution in [-0.4, -0.2) is 16.3 Å². The van der Waals surface area contributed by atoms with Gasteiger partial charge in [-0.25, -0.2) is 0 Å². The Balaban J connectivity index is 0.00000169. The van der Waals surface area contributed by atoms with E-state index in [0.29, 0.717) is 5.92 Å². The van der Waals surface area contributed by atoms with Crippen molar-refractivity contribution >= 4 is 18.1 Å². The summed E-state index contributed by atoms with van der Waals surface area (Å²) in [6, 6.07) is 0. The molecule has 82 valence electrons. The summed E-state index contributed by atoms with van der Waals surface area (Å²) in [6.45, 7) is 8.57. The van der Waals surface area contributed by atoms with Crippen LogP contribution < -0.4 is 5.32 Å². The maximum absolute atomic E-state index is 4.24. The molecule has 0 aliphatic heterocycles. The zero-order valence-corrected chi connectivity index (χ0v) is 9.97. The van der Waals surface area contributed by atoms with Gasteiger partial charge in [0, 0.05) is 19.3 Å². The zero-order chi connectivity index (χ0) is 9.68. The number of halogens is 1. The number of rotatable bonds is 5. The number of nitrogens with one attached hydrogen (secondary N) is 1. The SMILES string of the molecule is CCCn1cc(NCC(C)C)cn1.Cl. The number of aromatic nitrogens is 2. The molecule has 3 nitrogen and oxygen atoms in total. The number of nitrogens with zero attached hydrogens (tertiary/aromatic N) is 2. The van der Waals surface area contributed by atoms with Gasteiger partial charge >= 0.3 is 0 Å². The quantitative estimate of drug-likeness (QED) is 0.822. The van der Waals surface area contributed by atoms with Gasteiger partial charge in [-0.05, 0) is 12.3 Å². The van der Waals surface area contributed by atoms with Gasteiger partial charge in [0.2, 0.25) is 0 Å². The van der Waals surface area contributed by atoms with Crippen LogP contribution in [0.1, 0.15) is 27.2 Å². The van der Waals surface area contributed by atoms with E-state index in [9.17, 15) is 0 Å². The predicted molar refractivity (Wildman–Crippen MR) is 63.1 cm³/mol. The van der Waals surface area contributed by atoms with Crippen molar-refractivity contribution in [3.8, 4) is 0 Å². The zero-order valence-electron chi connectivity index (χ0n) is 9.16. The lowest BCUT2D eigenvalue weighted by Gasteiger charge is -2.05. The van der Waals surface area contributed by atoms with E-state index in [-0.39, 0.29) is 12.4 Å². The average molecular weight is 218 g/mol. The Morgan fingerprint density at radius 1 is 1.50 bits per heavy atom. The molecular formula is C10H20ClN3. The molecule has 0 saturated carbocycles. The van der Waals surface area contributed by atoms with Gasteiger partial charge in [-0.15, -0.1) is 12.4 Å². The van der Waals surface area contributed by atoms with Crippen molar-refractivity contribution < 1.29 is 0 Å². The molecule has 1 aromatic rings. The Labute approximate surface area is 92.3 Å². The molecule has 0 aromatic carbocycles. The fourth-order valence-electron chi connectivity index (χ4n) is 1.13. The molecule has 0 bridgehead atoms.